The van der Waals surface area contributed by atoms with E-state index in [1.165, 1.54) is 0 Å². The first-order valence-electron chi connectivity index (χ1n) is 7.57. The SMILES string of the molecule is O=C(NCC/C=C/c1ccc2c(c1)OCCO2)c1ccncc1. The zero-order chi connectivity index (χ0) is 15.9. The number of pyridine rings is 1. The molecule has 1 aromatic carbocycles. The van der Waals surface area contributed by atoms with Crippen LogP contribution in [0.5, 0.6) is 11.5 Å². The lowest BCUT2D eigenvalue weighted by Gasteiger charge is -2.18. The Morgan fingerprint density at radius 1 is 1.13 bits per heavy atom. The predicted octanol–water partition coefficient (Wildman–Crippen LogP) is 2.69. The van der Waals surface area contributed by atoms with Crippen molar-refractivity contribution in [2.75, 3.05) is 19.8 Å². The number of hydrogen-bond acceptors (Lipinski definition) is 4. The Labute approximate surface area is 135 Å². The summed E-state index contributed by atoms with van der Waals surface area (Å²) < 4.78 is 11.0. The summed E-state index contributed by atoms with van der Waals surface area (Å²) in [6.45, 7) is 1.77. The molecule has 23 heavy (non-hydrogen) atoms. The van der Waals surface area contributed by atoms with Gasteiger partial charge >= 0.3 is 0 Å². The van der Waals surface area contributed by atoms with E-state index < -0.39 is 0 Å². The summed E-state index contributed by atoms with van der Waals surface area (Å²) in [6, 6.07) is 9.25. The van der Waals surface area contributed by atoms with E-state index in [1.54, 1.807) is 24.5 Å². The second-order valence-electron chi connectivity index (χ2n) is 5.09. The van der Waals surface area contributed by atoms with Gasteiger partial charge < -0.3 is 14.8 Å². The van der Waals surface area contributed by atoms with Gasteiger partial charge in [-0.3, -0.25) is 9.78 Å². The lowest BCUT2D eigenvalue weighted by molar-refractivity contribution is 0.0954. The van der Waals surface area contributed by atoms with Gasteiger partial charge in [0, 0.05) is 24.5 Å². The molecule has 2 aromatic rings. The van der Waals surface area contributed by atoms with E-state index in [4.69, 9.17) is 9.47 Å². The van der Waals surface area contributed by atoms with Gasteiger partial charge in [0.15, 0.2) is 11.5 Å². The zero-order valence-electron chi connectivity index (χ0n) is 12.7. The smallest absolute Gasteiger partial charge is 0.251 e. The van der Waals surface area contributed by atoms with Gasteiger partial charge in [-0.05, 0) is 36.2 Å². The molecule has 1 amide bonds. The lowest BCUT2D eigenvalue weighted by atomic mass is 10.1. The highest BCUT2D eigenvalue weighted by Gasteiger charge is 2.10. The second kappa shape index (κ2) is 7.45. The first-order chi connectivity index (χ1) is 11.3. The van der Waals surface area contributed by atoms with Gasteiger partial charge in [0.1, 0.15) is 13.2 Å². The molecule has 0 unspecified atom stereocenters. The monoisotopic (exact) mass is 310 g/mol. The summed E-state index contributed by atoms with van der Waals surface area (Å²) in [5, 5.41) is 2.87. The fourth-order valence-electron chi connectivity index (χ4n) is 2.26. The summed E-state index contributed by atoms with van der Waals surface area (Å²) in [4.78, 5) is 15.7. The molecule has 5 nitrogen and oxygen atoms in total. The number of aromatic nitrogens is 1. The standard InChI is InChI=1S/C18H18N2O3/c21-18(15-6-9-19-10-7-15)20-8-2-1-3-14-4-5-16-17(13-14)23-12-11-22-16/h1,3-7,9-10,13H,2,8,11-12H2,(H,20,21)/b3-1+. The maximum absolute atomic E-state index is 11.8. The normalized spacial score (nSPS) is 13.0. The molecule has 3 rings (SSSR count). The van der Waals surface area contributed by atoms with Gasteiger partial charge in [0.25, 0.3) is 5.91 Å². The number of benzene rings is 1. The van der Waals surface area contributed by atoms with Crippen LogP contribution in [0.15, 0.2) is 48.8 Å². The largest absolute Gasteiger partial charge is 0.486 e. The summed E-state index contributed by atoms with van der Waals surface area (Å²) in [6.07, 6.45) is 8.01. The molecule has 1 aliphatic rings. The summed E-state index contributed by atoms with van der Waals surface area (Å²) in [5.41, 5.74) is 1.67. The minimum absolute atomic E-state index is 0.0832. The van der Waals surface area contributed by atoms with Crippen LogP contribution in [0.4, 0.5) is 0 Å². The molecule has 0 radical (unpaired) electrons. The molecule has 0 saturated heterocycles. The molecular weight excluding hydrogens is 292 g/mol. The number of carbonyl (C=O) groups excluding carboxylic acids is 1. The molecule has 0 fully saturated rings. The third kappa shape index (κ3) is 4.10. The molecule has 1 N–H and O–H groups in total. The van der Waals surface area contributed by atoms with E-state index in [0.717, 1.165) is 23.5 Å². The molecule has 0 aliphatic carbocycles. The number of fused-ring (bicyclic) bond motifs is 1. The Morgan fingerprint density at radius 3 is 2.74 bits per heavy atom. The highest BCUT2D eigenvalue weighted by Crippen LogP contribution is 2.31. The van der Waals surface area contributed by atoms with E-state index in [9.17, 15) is 4.79 Å². The average molecular weight is 310 g/mol. The zero-order valence-corrected chi connectivity index (χ0v) is 12.7. The van der Waals surface area contributed by atoms with Crippen molar-refractivity contribution in [2.45, 2.75) is 6.42 Å². The van der Waals surface area contributed by atoms with Crippen molar-refractivity contribution in [3.63, 3.8) is 0 Å². The average Bonchev–Trinajstić information content (AvgIpc) is 2.62. The number of amides is 1. The minimum Gasteiger partial charge on any atom is -0.486 e. The molecule has 0 spiro atoms. The summed E-state index contributed by atoms with van der Waals surface area (Å²) in [5.74, 6) is 1.49. The van der Waals surface area contributed by atoms with Crippen LogP contribution in [-0.4, -0.2) is 30.6 Å². The quantitative estimate of drug-likeness (QED) is 0.863. The highest BCUT2D eigenvalue weighted by atomic mass is 16.6. The maximum atomic E-state index is 11.8. The Hall–Kier alpha value is -2.82. The third-order valence-corrected chi connectivity index (χ3v) is 3.42. The molecule has 0 bridgehead atoms. The van der Waals surface area contributed by atoms with E-state index in [2.05, 4.69) is 10.3 Å². The van der Waals surface area contributed by atoms with E-state index in [0.29, 0.717) is 25.3 Å². The third-order valence-electron chi connectivity index (χ3n) is 3.42. The fraction of sp³-hybridized carbons (Fsp3) is 0.222. The summed E-state index contributed by atoms with van der Waals surface area (Å²) >= 11 is 0. The molecular formula is C18H18N2O3. The van der Waals surface area contributed by atoms with Crippen LogP contribution in [-0.2, 0) is 0 Å². The van der Waals surface area contributed by atoms with E-state index >= 15 is 0 Å². The van der Waals surface area contributed by atoms with Crippen LogP contribution in [0.1, 0.15) is 22.3 Å². The van der Waals surface area contributed by atoms with Crippen molar-refractivity contribution in [3.05, 3.63) is 59.9 Å². The van der Waals surface area contributed by atoms with Crippen LogP contribution < -0.4 is 14.8 Å². The van der Waals surface area contributed by atoms with Gasteiger partial charge in [-0.25, -0.2) is 0 Å². The topological polar surface area (TPSA) is 60.5 Å². The van der Waals surface area contributed by atoms with Crippen LogP contribution in [0.2, 0.25) is 0 Å². The first-order valence-corrected chi connectivity index (χ1v) is 7.57. The van der Waals surface area contributed by atoms with Crippen molar-refractivity contribution in [3.8, 4) is 11.5 Å². The van der Waals surface area contributed by atoms with Gasteiger partial charge in [0.2, 0.25) is 0 Å². The molecule has 0 atom stereocenters. The number of carbonyl (C=O) groups is 1. The van der Waals surface area contributed by atoms with Gasteiger partial charge in [-0.1, -0.05) is 18.2 Å². The van der Waals surface area contributed by atoms with Crippen molar-refractivity contribution >= 4 is 12.0 Å². The maximum Gasteiger partial charge on any atom is 0.251 e. The molecule has 1 aromatic heterocycles. The highest BCUT2D eigenvalue weighted by molar-refractivity contribution is 5.93. The van der Waals surface area contributed by atoms with Crippen LogP contribution in [0.25, 0.3) is 6.08 Å². The Balaban J connectivity index is 1.47. The predicted molar refractivity (Wildman–Crippen MR) is 87.7 cm³/mol. The molecule has 118 valence electrons. The van der Waals surface area contributed by atoms with E-state index in [1.807, 2.05) is 30.4 Å². The summed E-state index contributed by atoms with van der Waals surface area (Å²) in [7, 11) is 0. The minimum atomic E-state index is -0.0832. The second-order valence-corrected chi connectivity index (χ2v) is 5.09. The van der Waals surface area contributed by atoms with Crippen molar-refractivity contribution in [1.29, 1.82) is 0 Å². The molecule has 0 saturated carbocycles. The van der Waals surface area contributed by atoms with Crippen molar-refractivity contribution in [2.24, 2.45) is 0 Å². The molecule has 5 heteroatoms. The van der Waals surface area contributed by atoms with Crippen molar-refractivity contribution < 1.29 is 14.3 Å². The van der Waals surface area contributed by atoms with Crippen LogP contribution >= 0.6 is 0 Å². The fourth-order valence-corrected chi connectivity index (χ4v) is 2.26. The number of rotatable bonds is 5. The van der Waals surface area contributed by atoms with Gasteiger partial charge in [-0.2, -0.15) is 0 Å². The van der Waals surface area contributed by atoms with Crippen LogP contribution in [0, 0.1) is 0 Å². The number of ether oxygens (including phenoxy) is 2. The molecule has 1 aliphatic heterocycles. The van der Waals surface area contributed by atoms with Gasteiger partial charge in [-0.15, -0.1) is 0 Å². The number of hydrogen-bond donors (Lipinski definition) is 1. The Morgan fingerprint density at radius 2 is 1.91 bits per heavy atom. The number of nitrogens with zero attached hydrogens (tertiary/aromatic N) is 1. The van der Waals surface area contributed by atoms with Crippen LogP contribution in [0.3, 0.4) is 0 Å². The number of nitrogens with one attached hydrogen (secondary N) is 1. The first kappa shape index (κ1) is 15.1. The Kier molecular flexibility index (Phi) is 4.88. The molecule has 2 heterocycles. The van der Waals surface area contributed by atoms with E-state index in [-0.39, 0.29) is 5.91 Å². The van der Waals surface area contributed by atoms with Gasteiger partial charge in [0.05, 0.1) is 0 Å². The van der Waals surface area contributed by atoms with Crippen molar-refractivity contribution in [1.82, 2.24) is 10.3 Å². The Bertz CT molecular complexity index is 699. The lowest BCUT2D eigenvalue weighted by Crippen LogP contribution is -2.23.